The van der Waals surface area contributed by atoms with Gasteiger partial charge in [-0.15, -0.1) is 0 Å². The van der Waals surface area contributed by atoms with E-state index in [0.717, 1.165) is 11.3 Å². The second-order valence-corrected chi connectivity index (χ2v) is 5.11. The van der Waals surface area contributed by atoms with Crippen LogP contribution in [0.5, 0.6) is 0 Å². The molecule has 0 radical (unpaired) electrons. The molecule has 0 aromatic heterocycles. The number of carbonyl (C=O) groups is 2. The Labute approximate surface area is 120 Å². The Morgan fingerprint density at radius 3 is 2.75 bits per heavy atom. The number of cyclic esters (lactones) is 1. The monoisotopic (exact) mass is 291 g/mol. The molecule has 1 amide bonds. The first kappa shape index (κ1) is 13.0. The highest BCUT2D eigenvalue weighted by Gasteiger charge is 2.28. The predicted octanol–water partition coefficient (Wildman–Crippen LogP) is 0.786. The topological polar surface area (TPSA) is 79.5 Å². The molecule has 1 fully saturated rings. The predicted molar refractivity (Wildman–Crippen MR) is 75.1 cm³/mol. The molecular weight excluding hydrogens is 278 g/mol. The van der Waals surface area contributed by atoms with Crippen LogP contribution >= 0.6 is 11.9 Å². The van der Waals surface area contributed by atoms with E-state index in [9.17, 15) is 9.59 Å². The molecule has 0 saturated carbocycles. The van der Waals surface area contributed by atoms with Gasteiger partial charge in [0.15, 0.2) is 0 Å². The van der Waals surface area contributed by atoms with E-state index in [1.807, 2.05) is 17.5 Å². The fourth-order valence-electron chi connectivity index (χ4n) is 2.01. The Morgan fingerprint density at radius 1 is 1.35 bits per heavy atom. The van der Waals surface area contributed by atoms with E-state index < -0.39 is 6.04 Å². The number of carbonyl (C=O) groups excluding carboxylic acids is 2. The first-order valence-corrected chi connectivity index (χ1v) is 7.07. The van der Waals surface area contributed by atoms with Gasteiger partial charge in [0.05, 0.1) is 12.3 Å². The molecule has 0 unspecified atom stereocenters. The van der Waals surface area contributed by atoms with Gasteiger partial charge in [0, 0.05) is 17.4 Å². The van der Waals surface area contributed by atoms with Crippen LogP contribution in [-0.4, -0.2) is 24.5 Å². The van der Waals surface area contributed by atoms with Gasteiger partial charge in [-0.3, -0.25) is 4.79 Å². The third-order valence-corrected chi connectivity index (χ3v) is 3.69. The van der Waals surface area contributed by atoms with Crippen molar-refractivity contribution in [1.82, 2.24) is 15.6 Å². The molecular formula is C13H13N3O3S. The zero-order valence-corrected chi connectivity index (χ0v) is 11.3. The molecule has 104 valence electrons. The largest absolute Gasteiger partial charge is 0.464 e. The second kappa shape index (κ2) is 5.56. The van der Waals surface area contributed by atoms with Crippen LogP contribution in [0.15, 0.2) is 29.7 Å². The Bertz CT molecular complexity index is 571. The summed E-state index contributed by atoms with van der Waals surface area (Å²) >= 11 is 1.46. The number of esters is 1. The van der Waals surface area contributed by atoms with Crippen LogP contribution < -0.4 is 15.6 Å². The maximum atomic E-state index is 12.0. The molecule has 1 saturated heterocycles. The average molecular weight is 291 g/mol. The molecule has 2 aliphatic heterocycles. The van der Waals surface area contributed by atoms with Gasteiger partial charge in [0.1, 0.15) is 6.04 Å². The SMILES string of the molecule is O=C(N[C@H]1CCOC1=O)c1ccc(C2=CSNN2)cc1. The lowest BCUT2D eigenvalue weighted by atomic mass is 10.1. The zero-order chi connectivity index (χ0) is 13.9. The number of hydrogen-bond donors (Lipinski definition) is 3. The molecule has 0 spiro atoms. The van der Waals surface area contributed by atoms with Gasteiger partial charge >= 0.3 is 5.97 Å². The molecule has 7 heteroatoms. The van der Waals surface area contributed by atoms with Gasteiger partial charge in [0.25, 0.3) is 5.91 Å². The fraction of sp³-hybridized carbons (Fsp3) is 0.231. The Hall–Kier alpha value is -1.99. The summed E-state index contributed by atoms with van der Waals surface area (Å²) in [6.45, 7) is 0.368. The summed E-state index contributed by atoms with van der Waals surface area (Å²) in [5.74, 6) is -0.625. The van der Waals surface area contributed by atoms with Gasteiger partial charge in [0.2, 0.25) is 0 Å². The van der Waals surface area contributed by atoms with Crippen molar-refractivity contribution < 1.29 is 14.3 Å². The normalized spacial score (nSPS) is 21.1. The summed E-state index contributed by atoms with van der Waals surface area (Å²) in [6, 6.07) is 6.65. The van der Waals surface area contributed by atoms with Crippen LogP contribution in [0.3, 0.4) is 0 Å². The van der Waals surface area contributed by atoms with Gasteiger partial charge < -0.3 is 15.5 Å². The summed E-state index contributed by atoms with van der Waals surface area (Å²) in [5, 5.41) is 4.62. The first-order chi connectivity index (χ1) is 9.74. The molecule has 0 bridgehead atoms. The summed E-state index contributed by atoms with van der Waals surface area (Å²) in [7, 11) is 0. The van der Waals surface area contributed by atoms with Crippen molar-refractivity contribution in [2.75, 3.05) is 6.61 Å². The summed E-state index contributed by atoms with van der Waals surface area (Å²) in [5.41, 5.74) is 5.46. The average Bonchev–Trinajstić information content (AvgIpc) is 3.12. The van der Waals surface area contributed by atoms with E-state index in [2.05, 4.69) is 15.6 Å². The number of nitrogens with one attached hydrogen (secondary N) is 3. The van der Waals surface area contributed by atoms with Gasteiger partial charge in [-0.25, -0.2) is 4.79 Å². The molecule has 1 atom stereocenters. The molecule has 2 aliphatic rings. The minimum absolute atomic E-state index is 0.263. The highest BCUT2D eigenvalue weighted by Crippen LogP contribution is 2.19. The smallest absolute Gasteiger partial charge is 0.328 e. The quantitative estimate of drug-likeness (QED) is 0.564. The Morgan fingerprint density at radius 2 is 2.15 bits per heavy atom. The van der Waals surface area contributed by atoms with Gasteiger partial charge in [-0.05, 0) is 29.6 Å². The second-order valence-electron chi connectivity index (χ2n) is 4.44. The van der Waals surface area contributed by atoms with E-state index in [1.54, 1.807) is 12.1 Å². The molecule has 2 heterocycles. The maximum Gasteiger partial charge on any atom is 0.328 e. The van der Waals surface area contributed by atoms with Crippen LogP contribution in [0.2, 0.25) is 0 Å². The Balaban J connectivity index is 1.67. The van der Waals surface area contributed by atoms with Crippen LogP contribution in [0.25, 0.3) is 5.70 Å². The first-order valence-electron chi connectivity index (χ1n) is 6.19. The van der Waals surface area contributed by atoms with E-state index >= 15 is 0 Å². The molecule has 6 nitrogen and oxygen atoms in total. The summed E-state index contributed by atoms with van der Waals surface area (Å²) in [6.07, 6.45) is 0.530. The third kappa shape index (κ3) is 2.63. The van der Waals surface area contributed by atoms with E-state index in [1.165, 1.54) is 11.9 Å². The number of benzene rings is 1. The van der Waals surface area contributed by atoms with Crippen LogP contribution in [0.1, 0.15) is 22.3 Å². The van der Waals surface area contributed by atoms with Crippen molar-refractivity contribution in [1.29, 1.82) is 0 Å². The van der Waals surface area contributed by atoms with Crippen molar-refractivity contribution >= 4 is 29.5 Å². The van der Waals surface area contributed by atoms with Crippen molar-refractivity contribution in [3.8, 4) is 0 Å². The van der Waals surface area contributed by atoms with Crippen molar-refractivity contribution in [2.24, 2.45) is 0 Å². The Kier molecular flexibility index (Phi) is 3.62. The van der Waals surface area contributed by atoms with Crippen LogP contribution in [0, 0.1) is 0 Å². The van der Waals surface area contributed by atoms with E-state index in [0.29, 0.717) is 18.6 Å². The van der Waals surface area contributed by atoms with Crippen molar-refractivity contribution in [3.63, 3.8) is 0 Å². The summed E-state index contributed by atoms with van der Waals surface area (Å²) < 4.78 is 4.81. The molecule has 0 aliphatic carbocycles. The lowest BCUT2D eigenvalue weighted by molar-refractivity contribution is -0.139. The standard InChI is InChI=1S/C13H13N3O3S/c17-12(14-10-5-6-19-13(10)18)9-3-1-8(2-4-9)11-7-20-16-15-11/h1-4,7,10,15-16H,5-6H2,(H,14,17)/t10-/m0/s1. The number of hydrogen-bond acceptors (Lipinski definition) is 6. The minimum Gasteiger partial charge on any atom is -0.464 e. The lowest BCUT2D eigenvalue weighted by Gasteiger charge is -2.09. The fourth-order valence-corrected chi connectivity index (χ4v) is 2.55. The van der Waals surface area contributed by atoms with Gasteiger partial charge in [-0.2, -0.15) is 4.83 Å². The van der Waals surface area contributed by atoms with Crippen molar-refractivity contribution in [2.45, 2.75) is 12.5 Å². The molecule has 20 heavy (non-hydrogen) atoms. The number of rotatable bonds is 3. The highest BCUT2D eigenvalue weighted by atomic mass is 32.2. The number of ether oxygens (including phenoxy) is 1. The summed E-state index contributed by atoms with van der Waals surface area (Å²) in [4.78, 5) is 26.2. The maximum absolute atomic E-state index is 12.0. The highest BCUT2D eigenvalue weighted by molar-refractivity contribution is 8.00. The lowest BCUT2D eigenvalue weighted by Crippen LogP contribution is -2.37. The van der Waals surface area contributed by atoms with E-state index in [-0.39, 0.29) is 11.9 Å². The molecule has 1 aromatic carbocycles. The van der Waals surface area contributed by atoms with Crippen LogP contribution in [0.4, 0.5) is 0 Å². The molecule has 1 aromatic rings. The number of hydrazine groups is 1. The minimum atomic E-state index is -0.526. The van der Waals surface area contributed by atoms with Crippen LogP contribution in [-0.2, 0) is 9.53 Å². The number of amides is 1. The van der Waals surface area contributed by atoms with Gasteiger partial charge in [-0.1, -0.05) is 12.1 Å². The van der Waals surface area contributed by atoms with Crippen molar-refractivity contribution in [3.05, 3.63) is 40.8 Å². The molecule has 3 rings (SSSR count). The third-order valence-electron chi connectivity index (χ3n) is 3.12. The zero-order valence-electron chi connectivity index (χ0n) is 10.5. The molecule has 3 N–H and O–H groups in total. The van der Waals surface area contributed by atoms with E-state index in [4.69, 9.17) is 4.74 Å².